The predicted molar refractivity (Wildman–Crippen MR) is 93.3 cm³/mol. The third-order valence-electron chi connectivity index (χ3n) is 4.69. The van der Waals surface area contributed by atoms with E-state index in [1.165, 1.54) is 23.3 Å². The first-order chi connectivity index (χ1) is 12.3. The van der Waals surface area contributed by atoms with Crippen molar-refractivity contribution in [1.82, 2.24) is 10.6 Å². The lowest BCUT2D eigenvalue weighted by atomic mass is 9.96. The predicted octanol–water partition coefficient (Wildman–Crippen LogP) is 4.12. The van der Waals surface area contributed by atoms with Crippen LogP contribution < -0.4 is 10.6 Å². The van der Waals surface area contributed by atoms with Crippen LogP contribution in [0.5, 0.6) is 0 Å². The van der Waals surface area contributed by atoms with Crippen LogP contribution in [0.15, 0.2) is 42.5 Å². The Balaban J connectivity index is 1.52. The van der Waals surface area contributed by atoms with E-state index in [2.05, 4.69) is 22.8 Å². The lowest BCUT2D eigenvalue weighted by Crippen LogP contribution is -2.24. The Hall–Kier alpha value is -2.34. The molecule has 6 heteroatoms. The first kappa shape index (κ1) is 18.5. The first-order valence-corrected chi connectivity index (χ1v) is 8.58. The van der Waals surface area contributed by atoms with Crippen molar-refractivity contribution in [2.75, 3.05) is 0 Å². The highest BCUT2D eigenvalue weighted by Crippen LogP contribution is 2.30. The molecule has 3 nitrogen and oxygen atoms in total. The number of hydrogen-bond acceptors (Lipinski definition) is 2. The van der Waals surface area contributed by atoms with Gasteiger partial charge in [0.25, 0.3) is 0 Å². The minimum absolute atomic E-state index is 0.115. The summed E-state index contributed by atoms with van der Waals surface area (Å²) in [5, 5.41) is 6.17. The van der Waals surface area contributed by atoms with Crippen LogP contribution in [0.25, 0.3) is 0 Å². The van der Waals surface area contributed by atoms with Gasteiger partial charge in [-0.15, -0.1) is 0 Å². The van der Waals surface area contributed by atoms with Crippen molar-refractivity contribution in [3.63, 3.8) is 0 Å². The van der Waals surface area contributed by atoms with Gasteiger partial charge in [-0.05, 0) is 40.3 Å². The highest BCUT2D eigenvalue weighted by molar-refractivity contribution is 5.76. The second-order valence-corrected chi connectivity index (χ2v) is 6.71. The molecule has 0 radical (unpaired) electrons. The number of amides is 1. The van der Waals surface area contributed by atoms with Gasteiger partial charge < -0.3 is 10.6 Å². The number of carbonyl (C=O) groups excluding carboxylic acids is 1. The Kier molecular flexibility index (Phi) is 5.32. The van der Waals surface area contributed by atoms with Crippen LogP contribution in [0.2, 0.25) is 0 Å². The number of carbonyl (C=O) groups is 1. The van der Waals surface area contributed by atoms with Gasteiger partial charge in [-0.1, -0.05) is 37.3 Å². The van der Waals surface area contributed by atoms with E-state index in [-0.39, 0.29) is 18.2 Å². The van der Waals surface area contributed by atoms with Crippen molar-refractivity contribution in [3.8, 4) is 0 Å². The molecule has 0 saturated heterocycles. The first-order valence-electron chi connectivity index (χ1n) is 8.58. The zero-order chi connectivity index (χ0) is 18.7. The molecular formula is C20H21F3N2O. The van der Waals surface area contributed by atoms with Crippen molar-refractivity contribution in [1.29, 1.82) is 0 Å². The van der Waals surface area contributed by atoms with Crippen LogP contribution in [-0.2, 0) is 30.6 Å². The largest absolute Gasteiger partial charge is 0.416 e. The summed E-state index contributed by atoms with van der Waals surface area (Å²) < 4.78 is 37.8. The number of fused-ring (bicyclic) bond motifs is 1. The zero-order valence-electron chi connectivity index (χ0n) is 14.5. The molecule has 0 spiro atoms. The monoisotopic (exact) mass is 362 g/mol. The number of rotatable bonds is 5. The third-order valence-corrected chi connectivity index (χ3v) is 4.69. The van der Waals surface area contributed by atoms with E-state index in [4.69, 9.17) is 0 Å². The average molecular weight is 362 g/mol. The number of halogens is 3. The maximum absolute atomic E-state index is 12.6. The molecule has 1 aliphatic heterocycles. The van der Waals surface area contributed by atoms with Crippen LogP contribution in [0.3, 0.4) is 0 Å². The standard InChI is InChI=1S/C20H21F3N2O/c1-13(15-4-6-18(7-5-15)20(21,22)23)8-19(26)25-10-14-2-3-16-11-24-12-17(16)9-14/h2-7,9,13,24H,8,10-12H2,1H3,(H,25,26). The van der Waals surface area contributed by atoms with Gasteiger partial charge in [-0.25, -0.2) is 0 Å². The van der Waals surface area contributed by atoms with E-state index in [1.807, 2.05) is 13.0 Å². The fourth-order valence-corrected chi connectivity index (χ4v) is 3.13. The van der Waals surface area contributed by atoms with Crippen molar-refractivity contribution >= 4 is 5.91 Å². The Morgan fingerprint density at radius 3 is 2.50 bits per heavy atom. The van der Waals surface area contributed by atoms with Gasteiger partial charge in [-0.2, -0.15) is 13.2 Å². The Labute approximate surface area is 150 Å². The quantitative estimate of drug-likeness (QED) is 0.840. The molecule has 2 aromatic rings. The molecule has 1 unspecified atom stereocenters. The van der Waals surface area contributed by atoms with E-state index < -0.39 is 11.7 Å². The molecule has 138 valence electrons. The highest BCUT2D eigenvalue weighted by atomic mass is 19.4. The fraction of sp³-hybridized carbons (Fsp3) is 0.350. The van der Waals surface area contributed by atoms with E-state index in [0.29, 0.717) is 6.54 Å². The van der Waals surface area contributed by atoms with Crippen LogP contribution in [0.4, 0.5) is 13.2 Å². The Bertz CT molecular complexity index is 785. The fourth-order valence-electron chi connectivity index (χ4n) is 3.13. The minimum atomic E-state index is -4.34. The third kappa shape index (κ3) is 4.43. The summed E-state index contributed by atoms with van der Waals surface area (Å²) in [5.41, 5.74) is 3.63. The van der Waals surface area contributed by atoms with E-state index in [9.17, 15) is 18.0 Å². The molecule has 1 amide bonds. The van der Waals surface area contributed by atoms with E-state index in [0.717, 1.165) is 36.3 Å². The summed E-state index contributed by atoms with van der Waals surface area (Å²) in [4.78, 5) is 12.2. The number of alkyl halides is 3. The van der Waals surface area contributed by atoms with Gasteiger partial charge in [0.15, 0.2) is 0 Å². The number of hydrogen-bond donors (Lipinski definition) is 2. The molecule has 0 bridgehead atoms. The van der Waals surface area contributed by atoms with Gasteiger partial charge in [0.2, 0.25) is 5.91 Å². The lowest BCUT2D eigenvalue weighted by molar-refractivity contribution is -0.137. The molecule has 2 aromatic carbocycles. The number of benzene rings is 2. The van der Waals surface area contributed by atoms with Crippen molar-refractivity contribution < 1.29 is 18.0 Å². The Morgan fingerprint density at radius 2 is 1.81 bits per heavy atom. The van der Waals surface area contributed by atoms with Crippen LogP contribution >= 0.6 is 0 Å². The average Bonchev–Trinajstić information content (AvgIpc) is 3.07. The van der Waals surface area contributed by atoms with Crippen molar-refractivity contribution in [2.24, 2.45) is 0 Å². The summed E-state index contributed by atoms with van der Waals surface area (Å²) in [6.07, 6.45) is -4.11. The molecule has 0 fully saturated rings. The molecule has 1 atom stereocenters. The van der Waals surface area contributed by atoms with Gasteiger partial charge in [0.05, 0.1) is 5.56 Å². The van der Waals surface area contributed by atoms with Crippen LogP contribution in [0.1, 0.15) is 47.1 Å². The maximum atomic E-state index is 12.6. The minimum Gasteiger partial charge on any atom is -0.352 e. The summed E-state index contributed by atoms with van der Waals surface area (Å²) in [5.74, 6) is -0.266. The summed E-state index contributed by atoms with van der Waals surface area (Å²) in [6, 6.07) is 11.2. The molecule has 1 aliphatic rings. The van der Waals surface area contributed by atoms with Gasteiger partial charge in [0.1, 0.15) is 0 Å². The van der Waals surface area contributed by atoms with Gasteiger partial charge in [-0.3, -0.25) is 4.79 Å². The second-order valence-electron chi connectivity index (χ2n) is 6.71. The highest BCUT2D eigenvalue weighted by Gasteiger charge is 2.30. The summed E-state index contributed by atoms with van der Waals surface area (Å²) in [7, 11) is 0. The number of nitrogens with one attached hydrogen (secondary N) is 2. The normalized spacial score (nSPS) is 14.8. The van der Waals surface area contributed by atoms with Crippen LogP contribution in [-0.4, -0.2) is 5.91 Å². The molecule has 2 N–H and O–H groups in total. The van der Waals surface area contributed by atoms with Crippen molar-refractivity contribution in [3.05, 3.63) is 70.3 Å². The summed E-state index contributed by atoms with van der Waals surface area (Å²) >= 11 is 0. The summed E-state index contributed by atoms with van der Waals surface area (Å²) in [6.45, 7) is 4.02. The Morgan fingerprint density at radius 1 is 1.12 bits per heavy atom. The zero-order valence-corrected chi connectivity index (χ0v) is 14.5. The molecular weight excluding hydrogens is 341 g/mol. The molecule has 26 heavy (non-hydrogen) atoms. The smallest absolute Gasteiger partial charge is 0.352 e. The molecule has 0 saturated carbocycles. The lowest BCUT2D eigenvalue weighted by Gasteiger charge is -2.14. The molecule has 0 aromatic heterocycles. The second kappa shape index (κ2) is 7.50. The van der Waals surface area contributed by atoms with Crippen LogP contribution in [0, 0.1) is 0 Å². The molecule has 1 heterocycles. The van der Waals surface area contributed by atoms with E-state index >= 15 is 0 Å². The maximum Gasteiger partial charge on any atom is 0.416 e. The van der Waals surface area contributed by atoms with E-state index in [1.54, 1.807) is 0 Å². The SMILES string of the molecule is CC(CC(=O)NCc1ccc2c(c1)CNC2)c1ccc(C(F)(F)F)cc1. The van der Waals surface area contributed by atoms with Gasteiger partial charge in [0, 0.05) is 26.1 Å². The topological polar surface area (TPSA) is 41.1 Å². The molecule has 3 rings (SSSR count). The van der Waals surface area contributed by atoms with Crippen molar-refractivity contribution in [2.45, 2.75) is 45.1 Å². The van der Waals surface area contributed by atoms with Gasteiger partial charge >= 0.3 is 6.18 Å². The molecule has 0 aliphatic carbocycles.